The Balaban J connectivity index is 2.19. The third-order valence-electron chi connectivity index (χ3n) is 3.28. The highest BCUT2D eigenvalue weighted by Gasteiger charge is 2.17. The molecule has 0 heterocycles. The van der Waals surface area contributed by atoms with Crippen molar-refractivity contribution in [2.45, 2.75) is 19.3 Å². The summed E-state index contributed by atoms with van der Waals surface area (Å²) in [7, 11) is 0. The number of hydrogen-bond acceptors (Lipinski definition) is 1. The number of benzene rings is 2. The van der Waals surface area contributed by atoms with E-state index in [2.05, 4.69) is 18.7 Å². The molecule has 1 heteroatoms. The average molecular weight is 250 g/mol. The lowest BCUT2D eigenvalue weighted by Crippen LogP contribution is -2.08. The molecule has 0 aliphatic carbocycles. The second-order valence-corrected chi connectivity index (χ2v) is 4.80. The van der Waals surface area contributed by atoms with Gasteiger partial charge in [-0.3, -0.25) is 4.79 Å². The molecule has 0 saturated carbocycles. The Morgan fingerprint density at radius 2 is 1.53 bits per heavy atom. The lowest BCUT2D eigenvalue weighted by molar-refractivity contribution is 0.0977. The molecule has 0 aliphatic heterocycles. The van der Waals surface area contributed by atoms with E-state index in [0.717, 1.165) is 16.7 Å². The van der Waals surface area contributed by atoms with Crippen LogP contribution in [0.15, 0.2) is 72.8 Å². The van der Waals surface area contributed by atoms with Crippen LogP contribution in [0.3, 0.4) is 0 Å². The molecular formula is C18H18O. The molecule has 0 aromatic heterocycles. The molecule has 1 unspecified atom stereocenters. The number of hydrogen-bond donors (Lipinski definition) is 0. The van der Waals surface area contributed by atoms with Crippen molar-refractivity contribution < 1.29 is 4.79 Å². The molecule has 0 spiro atoms. The summed E-state index contributed by atoms with van der Waals surface area (Å²) in [6, 6.07) is 19.5. The number of allylic oxidation sites excluding steroid dienone is 1. The standard InChI is InChI=1S/C18H18O/c1-14(2)17(15-9-5-3-6-10-15)13-18(19)16-11-7-4-8-12-16/h3-12,17H,1,13H2,2H3. The molecule has 2 rings (SSSR count). The molecule has 1 nitrogen and oxygen atoms in total. The summed E-state index contributed by atoms with van der Waals surface area (Å²) < 4.78 is 0. The van der Waals surface area contributed by atoms with Crippen LogP contribution in [0.1, 0.15) is 35.2 Å². The van der Waals surface area contributed by atoms with Gasteiger partial charge >= 0.3 is 0 Å². The zero-order chi connectivity index (χ0) is 13.7. The number of rotatable bonds is 5. The molecular weight excluding hydrogens is 232 g/mol. The summed E-state index contributed by atoms with van der Waals surface area (Å²) in [4.78, 5) is 12.3. The van der Waals surface area contributed by atoms with E-state index in [0.29, 0.717) is 6.42 Å². The molecule has 1 atom stereocenters. The van der Waals surface area contributed by atoms with Gasteiger partial charge in [0, 0.05) is 17.9 Å². The molecule has 0 fully saturated rings. The predicted octanol–water partition coefficient (Wildman–Crippen LogP) is 4.62. The lowest BCUT2D eigenvalue weighted by atomic mass is 9.87. The number of carbonyl (C=O) groups excluding carboxylic acids is 1. The summed E-state index contributed by atoms with van der Waals surface area (Å²) >= 11 is 0. The highest BCUT2D eigenvalue weighted by Crippen LogP contribution is 2.27. The van der Waals surface area contributed by atoms with E-state index in [1.54, 1.807) is 0 Å². The van der Waals surface area contributed by atoms with Crippen molar-refractivity contribution in [1.29, 1.82) is 0 Å². The predicted molar refractivity (Wildman–Crippen MR) is 79.4 cm³/mol. The number of Topliss-reactive ketones (excluding diaryl/α,β-unsaturated/α-hetero) is 1. The molecule has 0 N–H and O–H groups in total. The normalized spacial score (nSPS) is 11.8. The van der Waals surface area contributed by atoms with E-state index in [4.69, 9.17) is 0 Å². The first-order valence-electron chi connectivity index (χ1n) is 6.47. The van der Waals surface area contributed by atoms with Crippen molar-refractivity contribution in [3.05, 3.63) is 83.9 Å². The molecule has 0 saturated heterocycles. The van der Waals surface area contributed by atoms with Gasteiger partial charge in [-0.1, -0.05) is 72.8 Å². The SMILES string of the molecule is C=C(C)C(CC(=O)c1ccccc1)c1ccccc1. The largest absolute Gasteiger partial charge is 0.294 e. The first-order chi connectivity index (χ1) is 9.18. The zero-order valence-corrected chi connectivity index (χ0v) is 11.2. The van der Waals surface area contributed by atoms with Gasteiger partial charge in [0.25, 0.3) is 0 Å². The molecule has 0 aliphatic rings. The van der Waals surface area contributed by atoms with Crippen LogP contribution in [0.5, 0.6) is 0 Å². The van der Waals surface area contributed by atoms with Gasteiger partial charge in [-0.05, 0) is 12.5 Å². The average Bonchev–Trinajstić information content (AvgIpc) is 2.46. The number of ketones is 1. The third kappa shape index (κ3) is 3.41. The lowest BCUT2D eigenvalue weighted by Gasteiger charge is -2.16. The van der Waals surface area contributed by atoms with E-state index in [1.165, 1.54) is 0 Å². The molecule has 0 bridgehead atoms. The van der Waals surface area contributed by atoms with Crippen LogP contribution in [-0.4, -0.2) is 5.78 Å². The van der Waals surface area contributed by atoms with Crippen molar-refractivity contribution in [2.75, 3.05) is 0 Å². The van der Waals surface area contributed by atoms with Gasteiger partial charge in [0.1, 0.15) is 0 Å². The van der Waals surface area contributed by atoms with Crippen molar-refractivity contribution in [3.63, 3.8) is 0 Å². The first kappa shape index (κ1) is 13.3. The van der Waals surface area contributed by atoms with Crippen molar-refractivity contribution >= 4 is 5.78 Å². The molecule has 0 radical (unpaired) electrons. The summed E-state index contributed by atoms with van der Waals surface area (Å²) in [5, 5.41) is 0. The highest BCUT2D eigenvalue weighted by atomic mass is 16.1. The van der Waals surface area contributed by atoms with Gasteiger partial charge in [0.15, 0.2) is 5.78 Å². The van der Waals surface area contributed by atoms with E-state index in [9.17, 15) is 4.79 Å². The van der Waals surface area contributed by atoms with Crippen LogP contribution in [0.2, 0.25) is 0 Å². The van der Waals surface area contributed by atoms with E-state index in [-0.39, 0.29) is 11.7 Å². The van der Waals surface area contributed by atoms with Crippen LogP contribution in [0.4, 0.5) is 0 Å². The van der Waals surface area contributed by atoms with Crippen LogP contribution < -0.4 is 0 Å². The van der Waals surface area contributed by atoms with Crippen molar-refractivity contribution in [1.82, 2.24) is 0 Å². The highest BCUT2D eigenvalue weighted by molar-refractivity contribution is 5.96. The summed E-state index contributed by atoms with van der Waals surface area (Å²) in [5.41, 5.74) is 2.94. The Hall–Kier alpha value is -2.15. The minimum atomic E-state index is 0.0916. The second-order valence-electron chi connectivity index (χ2n) is 4.80. The number of carbonyl (C=O) groups is 1. The van der Waals surface area contributed by atoms with Crippen molar-refractivity contribution in [3.8, 4) is 0 Å². The zero-order valence-electron chi connectivity index (χ0n) is 11.2. The van der Waals surface area contributed by atoms with E-state index >= 15 is 0 Å². The second kappa shape index (κ2) is 6.14. The summed E-state index contributed by atoms with van der Waals surface area (Å²) in [5.74, 6) is 0.256. The fraction of sp³-hybridized carbons (Fsp3) is 0.167. The minimum Gasteiger partial charge on any atom is -0.294 e. The molecule has 2 aromatic carbocycles. The maximum Gasteiger partial charge on any atom is 0.163 e. The van der Waals surface area contributed by atoms with Crippen LogP contribution in [0, 0.1) is 0 Å². The maximum atomic E-state index is 12.3. The van der Waals surface area contributed by atoms with Gasteiger partial charge in [-0.25, -0.2) is 0 Å². The van der Waals surface area contributed by atoms with Gasteiger partial charge in [0.05, 0.1) is 0 Å². The first-order valence-corrected chi connectivity index (χ1v) is 6.47. The molecule has 0 amide bonds. The fourth-order valence-corrected chi connectivity index (χ4v) is 2.19. The molecule has 2 aromatic rings. The Morgan fingerprint density at radius 3 is 2.05 bits per heavy atom. The molecule has 19 heavy (non-hydrogen) atoms. The smallest absolute Gasteiger partial charge is 0.163 e. The summed E-state index contributed by atoms with van der Waals surface area (Å²) in [6.07, 6.45) is 0.476. The fourth-order valence-electron chi connectivity index (χ4n) is 2.19. The summed E-state index contributed by atoms with van der Waals surface area (Å²) in [6.45, 7) is 6.01. The van der Waals surface area contributed by atoms with Crippen molar-refractivity contribution in [2.24, 2.45) is 0 Å². The monoisotopic (exact) mass is 250 g/mol. The Labute approximate surface area is 114 Å². The Morgan fingerprint density at radius 1 is 1.00 bits per heavy atom. The van der Waals surface area contributed by atoms with Gasteiger partial charge in [0.2, 0.25) is 0 Å². The topological polar surface area (TPSA) is 17.1 Å². The third-order valence-corrected chi connectivity index (χ3v) is 3.28. The van der Waals surface area contributed by atoms with Gasteiger partial charge in [-0.15, -0.1) is 0 Å². The maximum absolute atomic E-state index is 12.3. The van der Waals surface area contributed by atoms with E-state index < -0.39 is 0 Å². The quantitative estimate of drug-likeness (QED) is 0.559. The molecule has 96 valence electrons. The van der Waals surface area contributed by atoms with Gasteiger partial charge < -0.3 is 0 Å². The minimum absolute atomic E-state index is 0.0916. The van der Waals surface area contributed by atoms with Gasteiger partial charge in [-0.2, -0.15) is 0 Å². The Kier molecular flexibility index (Phi) is 4.30. The van der Waals surface area contributed by atoms with E-state index in [1.807, 2.05) is 55.5 Å². The van der Waals surface area contributed by atoms with Crippen LogP contribution in [-0.2, 0) is 0 Å². The van der Waals surface area contributed by atoms with Crippen LogP contribution >= 0.6 is 0 Å². The Bertz CT molecular complexity index is 555. The van der Waals surface area contributed by atoms with Crippen LogP contribution in [0.25, 0.3) is 0 Å².